The molecule has 0 bridgehead atoms. The van der Waals surface area contributed by atoms with Crippen molar-refractivity contribution < 1.29 is 13.2 Å². The Bertz CT molecular complexity index is 1190. The van der Waals surface area contributed by atoms with Crippen LogP contribution in [0.4, 0.5) is 11.6 Å². The minimum atomic E-state index is -4.14. The summed E-state index contributed by atoms with van der Waals surface area (Å²) in [5.74, 6) is 2.26. The standard InChI is InChI=1S/C25H33N5O3S/c1-17-13-25(2,3)30(14-17)23-20(9-6-12-26-23)24(31)28-34(32,33)22-11-5-10-21(27-22)29-15-18-7-4-8-19(18)16-29/h5-6,9-12,17-19H,4,7-8,13-16H2,1-3H3,(H,28,31). The molecule has 2 aromatic heterocycles. The zero-order valence-electron chi connectivity index (χ0n) is 20.1. The summed E-state index contributed by atoms with van der Waals surface area (Å²) in [5, 5.41) is -0.143. The second-order valence-electron chi connectivity index (χ2n) is 10.7. The molecule has 3 unspecified atom stereocenters. The molecule has 2 aromatic rings. The van der Waals surface area contributed by atoms with Gasteiger partial charge in [0.15, 0.2) is 5.03 Å². The molecule has 2 aliphatic heterocycles. The summed E-state index contributed by atoms with van der Waals surface area (Å²) < 4.78 is 28.5. The topological polar surface area (TPSA) is 95.5 Å². The molecule has 182 valence electrons. The summed E-state index contributed by atoms with van der Waals surface area (Å²) >= 11 is 0. The van der Waals surface area contributed by atoms with Crippen molar-refractivity contribution in [3.05, 3.63) is 42.1 Å². The third kappa shape index (κ3) is 4.26. The number of fused-ring (bicyclic) bond motifs is 1. The van der Waals surface area contributed by atoms with E-state index in [1.165, 1.54) is 25.3 Å². The van der Waals surface area contributed by atoms with Crippen molar-refractivity contribution >= 4 is 27.6 Å². The summed E-state index contributed by atoms with van der Waals surface area (Å²) in [5.41, 5.74) is 0.0720. The van der Waals surface area contributed by atoms with E-state index in [9.17, 15) is 13.2 Å². The Kier molecular flexibility index (Phi) is 5.78. The minimum Gasteiger partial charge on any atom is -0.356 e. The fourth-order valence-corrected chi connectivity index (χ4v) is 7.06. The van der Waals surface area contributed by atoms with E-state index >= 15 is 0 Å². The number of carbonyl (C=O) groups excluding carboxylic acids is 1. The maximum Gasteiger partial charge on any atom is 0.281 e. The zero-order valence-corrected chi connectivity index (χ0v) is 20.9. The maximum atomic E-state index is 13.2. The number of nitrogens with zero attached hydrogens (tertiary/aromatic N) is 4. The lowest BCUT2D eigenvalue weighted by atomic mass is 9.97. The van der Waals surface area contributed by atoms with Crippen LogP contribution in [-0.4, -0.2) is 49.5 Å². The van der Waals surface area contributed by atoms with Gasteiger partial charge in [-0.3, -0.25) is 4.79 Å². The first kappa shape index (κ1) is 23.1. The van der Waals surface area contributed by atoms with Crippen molar-refractivity contribution in [2.45, 2.75) is 57.0 Å². The first-order chi connectivity index (χ1) is 16.1. The molecule has 2 saturated heterocycles. The number of hydrogen-bond acceptors (Lipinski definition) is 7. The molecule has 3 fully saturated rings. The molecule has 1 aliphatic carbocycles. The highest BCUT2D eigenvalue weighted by atomic mass is 32.2. The van der Waals surface area contributed by atoms with Gasteiger partial charge in [0, 0.05) is 31.4 Å². The Balaban J connectivity index is 1.37. The molecule has 0 spiro atoms. The zero-order chi connectivity index (χ0) is 24.1. The molecule has 9 heteroatoms. The van der Waals surface area contributed by atoms with Gasteiger partial charge >= 0.3 is 0 Å². The smallest absolute Gasteiger partial charge is 0.281 e. The highest BCUT2D eigenvalue weighted by Crippen LogP contribution is 2.39. The van der Waals surface area contributed by atoms with Crippen LogP contribution in [0.25, 0.3) is 0 Å². The van der Waals surface area contributed by atoms with Gasteiger partial charge in [-0.2, -0.15) is 8.42 Å². The van der Waals surface area contributed by atoms with Crippen LogP contribution in [0.2, 0.25) is 0 Å². The number of anilines is 2. The van der Waals surface area contributed by atoms with Gasteiger partial charge in [-0.05, 0) is 75.1 Å². The molecule has 0 radical (unpaired) electrons. The van der Waals surface area contributed by atoms with Crippen LogP contribution in [-0.2, 0) is 10.0 Å². The van der Waals surface area contributed by atoms with Gasteiger partial charge in [0.05, 0.1) is 5.56 Å². The van der Waals surface area contributed by atoms with Gasteiger partial charge in [0.2, 0.25) is 0 Å². The molecule has 34 heavy (non-hydrogen) atoms. The van der Waals surface area contributed by atoms with E-state index in [0.29, 0.717) is 29.4 Å². The number of rotatable bonds is 5. The number of pyridine rings is 2. The number of nitrogens with one attached hydrogen (secondary N) is 1. The SMILES string of the molecule is CC1CN(c2ncccc2C(=O)NS(=O)(=O)c2cccc(N3CC4CCCC4C3)n2)C(C)(C)C1. The number of carbonyl (C=O) groups is 1. The monoisotopic (exact) mass is 483 g/mol. The minimum absolute atomic E-state index is 0.143. The fourth-order valence-electron chi connectivity index (χ4n) is 6.13. The van der Waals surface area contributed by atoms with Crippen LogP contribution in [0, 0.1) is 17.8 Å². The highest BCUT2D eigenvalue weighted by Gasteiger charge is 2.39. The van der Waals surface area contributed by atoms with E-state index in [2.05, 4.69) is 45.3 Å². The van der Waals surface area contributed by atoms with Gasteiger partial charge in [0.25, 0.3) is 15.9 Å². The number of hydrogen-bond donors (Lipinski definition) is 1. The quantitative estimate of drug-likeness (QED) is 0.696. The van der Waals surface area contributed by atoms with Crippen LogP contribution in [0.3, 0.4) is 0 Å². The summed E-state index contributed by atoms with van der Waals surface area (Å²) in [6.45, 7) is 8.99. The molecule has 5 rings (SSSR count). The average Bonchev–Trinajstić information content (AvgIpc) is 3.46. The number of amides is 1. The summed E-state index contributed by atoms with van der Waals surface area (Å²) in [6, 6.07) is 8.25. The van der Waals surface area contributed by atoms with Crippen molar-refractivity contribution in [1.29, 1.82) is 0 Å². The van der Waals surface area contributed by atoms with Gasteiger partial charge in [-0.15, -0.1) is 0 Å². The van der Waals surface area contributed by atoms with E-state index in [1.54, 1.807) is 24.4 Å². The number of sulfonamides is 1. The lowest BCUT2D eigenvalue weighted by Gasteiger charge is -2.33. The lowest BCUT2D eigenvalue weighted by Crippen LogP contribution is -2.41. The van der Waals surface area contributed by atoms with Crippen LogP contribution in [0.15, 0.2) is 41.6 Å². The highest BCUT2D eigenvalue weighted by molar-refractivity contribution is 7.90. The Morgan fingerprint density at radius 1 is 1.09 bits per heavy atom. The second kappa shape index (κ2) is 8.52. The Morgan fingerprint density at radius 3 is 2.50 bits per heavy atom. The molecule has 3 atom stereocenters. The first-order valence-corrected chi connectivity index (χ1v) is 13.6. The lowest BCUT2D eigenvalue weighted by molar-refractivity contribution is 0.0981. The third-order valence-corrected chi connectivity index (χ3v) is 8.85. The van der Waals surface area contributed by atoms with Crippen molar-refractivity contribution in [2.75, 3.05) is 29.4 Å². The van der Waals surface area contributed by atoms with Crippen LogP contribution in [0.5, 0.6) is 0 Å². The Labute approximate surface area is 201 Å². The molecule has 1 amide bonds. The molecule has 3 aliphatic rings. The predicted octanol–water partition coefficient (Wildman–Crippen LogP) is 3.46. The van der Waals surface area contributed by atoms with E-state index in [-0.39, 0.29) is 16.1 Å². The molecule has 1 saturated carbocycles. The maximum absolute atomic E-state index is 13.2. The van der Waals surface area contributed by atoms with Crippen molar-refractivity contribution in [3.8, 4) is 0 Å². The van der Waals surface area contributed by atoms with Gasteiger partial charge < -0.3 is 9.80 Å². The van der Waals surface area contributed by atoms with Crippen LogP contribution in [0.1, 0.15) is 56.8 Å². The predicted molar refractivity (Wildman–Crippen MR) is 131 cm³/mol. The summed E-state index contributed by atoms with van der Waals surface area (Å²) in [6.07, 6.45) is 6.35. The Morgan fingerprint density at radius 2 is 1.82 bits per heavy atom. The second-order valence-corrected chi connectivity index (χ2v) is 12.4. The average molecular weight is 484 g/mol. The van der Waals surface area contributed by atoms with Crippen LogP contribution < -0.4 is 14.5 Å². The molecular formula is C25H33N5O3S. The largest absolute Gasteiger partial charge is 0.356 e. The fraction of sp³-hybridized carbons (Fsp3) is 0.560. The summed E-state index contributed by atoms with van der Waals surface area (Å²) in [7, 11) is -4.14. The normalized spacial score (nSPS) is 26.0. The molecule has 4 heterocycles. The van der Waals surface area contributed by atoms with Crippen molar-refractivity contribution in [1.82, 2.24) is 14.7 Å². The van der Waals surface area contributed by atoms with E-state index in [1.807, 2.05) is 6.07 Å². The number of aromatic nitrogens is 2. The molecule has 0 aromatic carbocycles. The van der Waals surface area contributed by atoms with Crippen molar-refractivity contribution in [2.24, 2.45) is 17.8 Å². The third-order valence-electron chi connectivity index (χ3n) is 7.62. The first-order valence-electron chi connectivity index (χ1n) is 12.2. The van der Waals surface area contributed by atoms with Gasteiger partial charge in [-0.1, -0.05) is 19.4 Å². The van der Waals surface area contributed by atoms with Gasteiger partial charge in [0.1, 0.15) is 11.6 Å². The molecule has 1 N–H and O–H groups in total. The van der Waals surface area contributed by atoms with E-state index in [0.717, 1.165) is 26.1 Å². The van der Waals surface area contributed by atoms with Gasteiger partial charge in [-0.25, -0.2) is 14.7 Å². The molecular weight excluding hydrogens is 450 g/mol. The van der Waals surface area contributed by atoms with Crippen molar-refractivity contribution in [3.63, 3.8) is 0 Å². The Hall–Kier alpha value is -2.68. The van der Waals surface area contributed by atoms with E-state index in [4.69, 9.17) is 0 Å². The van der Waals surface area contributed by atoms with Crippen LogP contribution >= 0.6 is 0 Å². The van der Waals surface area contributed by atoms with E-state index < -0.39 is 15.9 Å². The summed E-state index contributed by atoms with van der Waals surface area (Å²) in [4.78, 5) is 26.3. The molecule has 8 nitrogen and oxygen atoms in total.